The Morgan fingerprint density at radius 3 is 2.47 bits per heavy atom. The summed E-state index contributed by atoms with van der Waals surface area (Å²) in [7, 11) is 0. The topological polar surface area (TPSA) is 110 Å². The number of carbonyl (C=O) groups is 1. The number of nitro benzene ring substituents is 1. The number of likely N-dealkylation sites (tertiary alicyclic amines) is 1. The van der Waals surface area contributed by atoms with Gasteiger partial charge < -0.3 is 20.1 Å². The van der Waals surface area contributed by atoms with Crippen LogP contribution in [0, 0.1) is 16.0 Å². The number of benzene rings is 1. The normalized spacial score (nSPS) is 20.1. The molecule has 0 spiro atoms. The van der Waals surface area contributed by atoms with Gasteiger partial charge in [-0.2, -0.15) is 0 Å². The van der Waals surface area contributed by atoms with Gasteiger partial charge in [0.05, 0.1) is 4.92 Å². The molecule has 1 aromatic carbocycles. The van der Waals surface area contributed by atoms with Crippen molar-refractivity contribution in [3.8, 4) is 0 Å². The lowest BCUT2D eigenvalue weighted by atomic mass is 9.83. The van der Waals surface area contributed by atoms with Crippen LogP contribution in [0.3, 0.4) is 0 Å². The van der Waals surface area contributed by atoms with Gasteiger partial charge in [-0.05, 0) is 42.8 Å². The maximum absolute atomic E-state index is 12.7. The Morgan fingerprint density at radius 1 is 1.12 bits per heavy atom. The van der Waals surface area contributed by atoms with E-state index in [-0.39, 0.29) is 28.6 Å². The number of aromatic nitrogens is 1. The van der Waals surface area contributed by atoms with E-state index < -0.39 is 20.8 Å². The van der Waals surface area contributed by atoms with E-state index in [9.17, 15) is 19.7 Å². The summed E-state index contributed by atoms with van der Waals surface area (Å²) in [6.07, 6.45) is -0.211. The molecule has 3 heterocycles. The molecule has 2 aliphatic rings. The maximum atomic E-state index is 12.7. The van der Waals surface area contributed by atoms with Crippen molar-refractivity contribution in [2.75, 3.05) is 13.1 Å². The zero-order valence-corrected chi connectivity index (χ0v) is 20.7. The van der Waals surface area contributed by atoms with Crippen molar-refractivity contribution < 1.29 is 9.72 Å². The average Bonchev–Trinajstić information content (AvgIpc) is 2.78. The van der Waals surface area contributed by atoms with Crippen molar-refractivity contribution in [3.63, 3.8) is 0 Å². The molecule has 3 atom stereocenters. The van der Waals surface area contributed by atoms with E-state index in [1.807, 2.05) is 15.5 Å². The van der Waals surface area contributed by atoms with Crippen molar-refractivity contribution in [2.45, 2.75) is 28.8 Å². The smallest absolute Gasteiger partial charge is 0.269 e. The molecule has 2 N–H and O–H groups in total. The van der Waals surface area contributed by atoms with E-state index in [1.165, 1.54) is 24.3 Å². The molecule has 0 saturated carbocycles. The molecule has 1 amide bonds. The van der Waals surface area contributed by atoms with Crippen LogP contribution in [0.1, 0.15) is 28.4 Å². The number of fused-ring (bicyclic) bond motifs is 4. The first kappa shape index (κ1) is 24.7. The molecule has 180 valence electrons. The quantitative estimate of drug-likeness (QED) is 0.200. The van der Waals surface area contributed by atoms with E-state index in [0.717, 1.165) is 12.1 Å². The van der Waals surface area contributed by atoms with Gasteiger partial charge in [-0.25, -0.2) is 0 Å². The fourth-order valence-electron chi connectivity index (χ4n) is 4.43. The molecule has 0 unspecified atom stereocenters. The zero-order valence-electron chi connectivity index (χ0n) is 17.6. The highest BCUT2D eigenvalue weighted by Gasteiger charge is 2.39. The van der Waals surface area contributed by atoms with Gasteiger partial charge >= 0.3 is 0 Å². The summed E-state index contributed by atoms with van der Waals surface area (Å²) in [5.41, 5.74) is 0.979. The highest BCUT2D eigenvalue weighted by atomic mass is 35.6. The second-order valence-corrected chi connectivity index (χ2v) is 11.1. The first-order valence-corrected chi connectivity index (χ1v) is 11.9. The van der Waals surface area contributed by atoms with Crippen LogP contribution < -0.4 is 16.2 Å². The number of rotatable bonds is 4. The third-order valence-corrected chi connectivity index (χ3v) is 7.01. The molecule has 2 aliphatic heterocycles. The number of hydrogen-bond donors (Lipinski definition) is 2. The average molecular weight is 545 g/mol. The Hall–Kier alpha value is -2.40. The van der Waals surface area contributed by atoms with Gasteiger partial charge in [0, 0.05) is 55.0 Å². The van der Waals surface area contributed by atoms with E-state index in [2.05, 4.69) is 10.6 Å². The van der Waals surface area contributed by atoms with Gasteiger partial charge in [-0.1, -0.05) is 40.9 Å². The predicted molar refractivity (Wildman–Crippen MR) is 133 cm³/mol. The standard InChI is InChI=1S/C21H20Cl3N5O4S/c22-21(23,24)19(25-18(31)13-4-6-15(7-5-13)29(32)33)26-20(34)27-9-12-8-14(11-27)16-2-1-3-17(30)28(16)10-12/h1-7,12,14,19H,8-11H2,(H,25,31)(H,26,34)/t12-,14-,19-/m1/s1. The third-order valence-electron chi connectivity index (χ3n) is 5.98. The lowest BCUT2D eigenvalue weighted by Gasteiger charge is -2.44. The van der Waals surface area contributed by atoms with Crippen molar-refractivity contribution in [1.82, 2.24) is 20.1 Å². The number of carbonyl (C=O) groups excluding carboxylic acids is 1. The molecule has 2 aromatic rings. The predicted octanol–water partition coefficient (Wildman–Crippen LogP) is 3.18. The molecule has 34 heavy (non-hydrogen) atoms. The minimum absolute atomic E-state index is 0.00780. The molecular formula is C21H20Cl3N5O4S. The third kappa shape index (κ3) is 5.30. The highest BCUT2D eigenvalue weighted by Crippen LogP contribution is 2.35. The van der Waals surface area contributed by atoms with Crippen molar-refractivity contribution in [1.29, 1.82) is 0 Å². The molecule has 4 rings (SSSR count). The minimum atomic E-state index is -1.94. The molecular weight excluding hydrogens is 525 g/mol. The number of amides is 1. The summed E-state index contributed by atoms with van der Waals surface area (Å²) in [5, 5.41) is 16.7. The summed E-state index contributed by atoms with van der Waals surface area (Å²) in [4.78, 5) is 37.1. The van der Waals surface area contributed by atoms with Crippen LogP contribution in [-0.4, -0.2) is 48.5 Å². The molecule has 0 aliphatic carbocycles. The first-order valence-electron chi connectivity index (χ1n) is 10.4. The largest absolute Gasteiger partial charge is 0.348 e. The number of pyridine rings is 1. The number of piperidine rings is 1. The van der Waals surface area contributed by atoms with Crippen molar-refractivity contribution in [3.05, 3.63) is 74.2 Å². The van der Waals surface area contributed by atoms with E-state index in [4.69, 9.17) is 47.0 Å². The van der Waals surface area contributed by atoms with Crippen molar-refractivity contribution in [2.24, 2.45) is 5.92 Å². The summed E-state index contributed by atoms with van der Waals surface area (Å²) >= 11 is 23.9. The molecule has 1 saturated heterocycles. The highest BCUT2D eigenvalue weighted by molar-refractivity contribution is 7.80. The van der Waals surface area contributed by atoms with E-state index >= 15 is 0 Å². The lowest BCUT2D eigenvalue weighted by Crippen LogP contribution is -2.60. The van der Waals surface area contributed by atoms with E-state index in [0.29, 0.717) is 24.7 Å². The first-order chi connectivity index (χ1) is 16.0. The van der Waals surface area contributed by atoms with Gasteiger partial charge in [-0.15, -0.1) is 0 Å². The van der Waals surface area contributed by atoms with Crippen LogP contribution in [0.4, 0.5) is 5.69 Å². The van der Waals surface area contributed by atoms with E-state index in [1.54, 1.807) is 12.1 Å². The maximum Gasteiger partial charge on any atom is 0.269 e. The second kappa shape index (κ2) is 9.69. The summed E-state index contributed by atoms with van der Waals surface area (Å²) in [6, 6.07) is 10.3. The van der Waals surface area contributed by atoms with Crippen molar-refractivity contribution >= 4 is 63.7 Å². The Morgan fingerprint density at radius 2 is 1.82 bits per heavy atom. The number of nitrogens with one attached hydrogen (secondary N) is 2. The van der Waals surface area contributed by atoms with Crippen LogP contribution in [0.25, 0.3) is 0 Å². The summed E-state index contributed by atoms with van der Waals surface area (Å²) < 4.78 is -0.118. The monoisotopic (exact) mass is 543 g/mol. The van der Waals surface area contributed by atoms with Crippen LogP contribution >= 0.6 is 47.0 Å². The Bertz CT molecular complexity index is 1180. The molecule has 1 fully saturated rings. The minimum Gasteiger partial charge on any atom is -0.348 e. The fourth-order valence-corrected chi connectivity index (χ4v) is 5.02. The van der Waals surface area contributed by atoms with Crippen LogP contribution in [0.15, 0.2) is 47.3 Å². The molecule has 13 heteroatoms. The Kier molecular flexibility index (Phi) is 7.04. The molecule has 9 nitrogen and oxygen atoms in total. The molecule has 2 bridgehead atoms. The number of halogens is 3. The van der Waals surface area contributed by atoms with Crippen LogP contribution in [0.2, 0.25) is 0 Å². The molecule has 0 radical (unpaired) electrons. The molecule has 1 aromatic heterocycles. The number of hydrogen-bond acceptors (Lipinski definition) is 5. The zero-order chi connectivity index (χ0) is 24.6. The van der Waals surface area contributed by atoms with Gasteiger partial charge in [0.1, 0.15) is 6.17 Å². The summed E-state index contributed by atoms with van der Waals surface area (Å²) in [6.45, 7) is 1.80. The number of non-ortho nitro benzene ring substituents is 1. The van der Waals surface area contributed by atoms with Gasteiger partial charge in [0.15, 0.2) is 5.11 Å². The lowest BCUT2D eigenvalue weighted by molar-refractivity contribution is -0.384. The SMILES string of the molecule is O=C(N[C@H](NC(=S)N1C[C@H]2C[C@H](C1)c1cccc(=O)n1C2)C(Cl)(Cl)Cl)c1ccc([N+](=O)[O-])cc1. The van der Waals surface area contributed by atoms with Gasteiger partial charge in [-0.3, -0.25) is 19.7 Å². The van der Waals surface area contributed by atoms with Gasteiger partial charge in [0.2, 0.25) is 3.79 Å². The number of nitrogens with zero attached hydrogens (tertiary/aromatic N) is 3. The van der Waals surface area contributed by atoms with Gasteiger partial charge in [0.25, 0.3) is 17.2 Å². The van der Waals surface area contributed by atoms with Crippen LogP contribution in [0.5, 0.6) is 0 Å². The fraction of sp³-hybridized carbons (Fsp3) is 0.381. The number of thiocarbonyl (C=S) groups is 1. The van der Waals surface area contributed by atoms with Crippen LogP contribution in [-0.2, 0) is 6.54 Å². The second-order valence-electron chi connectivity index (χ2n) is 8.30. The Labute approximate surface area is 215 Å². The Balaban J connectivity index is 1.46. The number of nitro groups is 1. The summed E-state index contributed by atoms with van der Waals surface area (Å²) in [5.74, 6) is -0.237. The number of alkyl halides is 3.